The highest BCUT2D eigenvalue weighted by Gasteiger charge is 2.54. The van der Waals surface area contributed by atoms with Crippen molar-refractivity contribution in [2.24, 2.45) is 0 Å². The van der Waals surface area contributed by atoms with Crippen LogP contribution in [0.5, 0.6) is 23.0 Å². The number of phenols is 4. The van der Waals surface area contributed by atoms with Gasteiger partial charge in [0.05, 0.1) is 8.95 Å². The van der Waals surface area contributed by atoms with Crippen molar-refractivity contribution in [1.82, 2.24) is 0 Å². The monoisotopic (exact) mass is 976 g/mol. The van der Waals surface area contributed by atoms with E-state index in [0.717, 1.165) is 0 Å². The van der Waals surface area contributed by atoms with Crippen LogP contribution in [0.25, 0.3) is 0 Å². The summed E-state index contributed by atoms with van der Waals surface area (Å²) >= 11 is 7.08. The van der Waals surface area contributed by atoms with Crippen LogP contribution < -0.4 is 0 Å². The first-order valence-electron chi connectivity index (χ1n) is 18.9. The Morgan fingerprint density at radius 3 is 1.20 bits per heavy atom. The van der Waals surface area contributed by atoms with E-state index in [9.17, 15) is 37.3 Å². The lowest BCUT2D eigenvalue weighted by molar-refractivity contribution is 0.177. The number of benzene rings is 6. The van der Waals surface area contributed by atoms with Gasteiger partial charge < -0.3 is 20.4 Å². The molecular formula is C46H42Br2O10S2. The van der Waals surface area contributed by atoms with Crippen molar-refractivity contribution in [3.63, 3.8) is 0 Å². The predicted molar refractivity (Wildman–Crippen MR) is 235 cm³/mol. The van der Waals surface area contributed by atoms with Crippen molar-refractivity contribution in [2.45, 2.75) is 74.4 Å². The van der Waals surface area contributed by atoms with E-state index in [1.165, 1.54) is 30.3 Å². The van der Waals surface area contributed by atoms with Crippen molar-refractivity contribution in [3.05, 3.63) is 174 Å². The van der Waals surface area contributed by atoms with Gasteiger partial charge in [0.15, 0.2) is 11.2 Å². The molecule has 4 N–H and O–H groups in total. The molecule has 0 amide bonds. The standard InChI is InChI=1S/C27H28Br2O5S.C19H14O5S/c1-13(2)17-11-20(15(5)23(28)25(17)30)27(19-9-7-8-10-22(19)35(32,33)34-27)21-12-18(14(3)4)26(31)24(29)16(21)6;20-15-9-5-13(6-10-15)19(14-7-11-16(21)12-8-14)17-3-1-2-4-18(17)25(22,23)24-19/h7-14,30-31H,1-6H3;1-12,20-21H. The van der Waals surface area contributed by atoms with Crippen molar-refractivity contribution in [3.8, 4) is 23.0 Å². The molecule has 312 valence electrons. The van der Waals surface area contributed by atoms with Crippen LogP contribution in [0.15, 0.2) is 128 Å². The molecule has 0 saturated heterocycles. The third kappa shape index (κ3) is 6.91. The zero-order valence-corrected chi connectivity index (χ0v) is 38.2. The number of fused-ring (bicyclic) bond motifs is 2. The highest BCUT2D eigenvalue weighted by molar-refractivity contribution is 9.11. The average molecular weight is 979 g/mol. The first-order chi connectivity index (χ1) is 28.2. The van der Waals surface area contributed by atoms with Gasteiger partial charge in [-0.05, 0) is 151 Å². The fourth-order valence-corrected chi connectivity index (χ4v) is 11.8. The second-order valence-electron chi connectivity index (χ2n) is 15.4. The van der Waals surface area contributed by atoms with Crippen LogP contribution in [0.1, 0.15) is 95.2 Å². The molecule has 0 radical (unpaired) electrons. The minimum Gasteiger partial charge on any atom is -0.508 e. The van der Waals surface area contributed by atoms with Gasteiger partial charge in [0, 0.05) is 11.1 Å². The fourth-order valence-electron chi connectivity index (χ4n) is 8.07. The molecule has 0 atom stereocenters. The Hall–Kier alpha value is -4.70. The van der Waals surface area contributed by atoms with E-state index in [4.69, 9.17) is 8.37 Å². The van der Waals surface area contributed by atoms with Crippen molar-refractivity contribution < 1.29 is 45.6 Å². The van der Waals surface area contributed by atoms with Crippen molar-refractivity contribution in [2.75, 3.05) is 0 Å². The second kappa shape index (κ2) is 15.6. The van der Waals surface area contributed by atoms with Crippen LogP contribution in [-0.2, 0) is 39.8 Å². The smallest absolute Gasteiger partial charge is 0.298 e. The maximum Gasteiger partial charge on any atom is 0.298 e. The molecule has 2 aliphatic heterocycles. The molecular weight excluding hydrogens is 936 g/mol. The fraction of sp³-hybridized carbons (Fsp3) is 0.217. The van der Waals surface area contributed by atoms with Crippen LogP contribution in [0.2, 0.25) is 0 Å². The topological polar surface area (TPSA) is 168 Å². The summed E-state index contributed by atoms with van der Waals surface area (Å²) < 4.78 is 64.9. The van der Waals surface area contributed by atoms with E-state index in [0.29, 0.717) is 64.6 Å². The Morgan fingerprint density at radius 2 is 0.833 bits per heavy atom. The number of phenolic OH excluding ortho intramolecular Hbond substituents is 4. The maximum absolute atomic E-state index is 13.4. The first-order valence-corrected chi connectivity index (χ1v) is 23.3. The summed E-state index contributed by atoms with van der Waals surface area (Å²) in [6.45, 7) is 11.5. The molecule has 14 heteroatoms. The van der Waals surface area contributed by atoms with Crippen LogP contribution in [0.4, 0.5) is 0 Å². The van der Waals surface area contributed by atoms with E-state index < -0.39 is 31.4 Å². The van der Waals surface area contributed by atoms with Gasteiger partial charge in [-0.15, -0.1) is 0 Å². The van der Waals surface area contributed by atoms with Gasteiger partial charge in [0.2, 0.25) is 0 Å². The number of halogens is 2. The lowest BCUT2D eigenvalue weighted by atomic mass is 9.75. The molecule has 6 aromatic rings. The van der Waals surface area contributed by atoms with E-state index in [2.05, 4.69) is 31.9 Å². The molecule has 0 fully saturated rings. The Balaban J connectivity index is 0.000000191. The predicted octanol–water partition coefficient (Wildman–Crippen LogP) is 10.6. The summed E-state index contributed by atoms with van der Waals surface area (Å²) in [7, 11) is -8.07. The zero-order chi connectivity index (χ0) is 43.7. The van der Waals surface area contributed by atoms with E-state index in [-0.39, 0.29) is 44.6 Å². The molecule has 10 nitrogen and oxygen atoms in total. The number of rotatable bonds is 6. The third-order valence-electron chi connectivity index (χ3n) is 11.1. The molecule has 0 unspecified atom stereocenters. The Morgan fingerprint density at radius 1 is 0.500 bits per heavy atom. The normalized spacial score (nSPS) is 16.6. The summed E-state index contributed by atoms with van der Waals surface area (Å²) in [5, 5.41) is 40.9. The quantitative estimate of drug-likeness (QED) is 0.118. The lowest BCUT2D eigenvalue weighted by Gasteiger charge is -2.34. The van der Waals surface area contributed by atoms with Gasteiger partial charge >= 0.3 is 0 Å². The largest absolute Gasteiger partial charge is 0.508 e. The van der Waals surface area contributed by atoms with Gasteiger partial charge in [0.1, 0.15) is 32.8 Å². The van der Waals surface area contributed by atoms with Crippen molar-refractivity contribution in [1.29, 1.82) is 0 Å². The molecule has 0 spiro atoms. The van der Waals surface area contributed by atoms with Gasteiger partial charge in [-0.2, -0.15) is 16.8 Å². The first kappa shape index (κ1) is 43.4. The molecule has 2 aliphatic rings. The van der Waals surface area contributed by atoms with Gasteiger partial charge in [-0.3, -0.25) is 0 Å². The third-order valence-corrected chi connectivity index (χ3v) is 15.8. The minimum atomic E-state index is -4.11. The highest BCUT2D eigenvalue weighted by atomic mass is 79.9. The molecule has 0 aliphatic carbocycles. The lowest BCUT2D eigenvalue weighted by Crippen LogP contribution is -2.32. The zero-order valence-electron chi connectivity index (χ0n) is 33.4. The summed E-state index contributed by atoms with van der Waals surface area (Å²) in [5.74, 6) is 0.316. The summed E-state index contributed by atoms with van der Waals surface area (Å²) in [6, 6.07) is 29.5. The summed E-state index contributed by atoms with van der Waals surface area (Å²) in [5.41, 5.74) is 3.07. The highest BCUT2D eigenvalue weighted by Crippen LogP contribution is 2.56. The maximum atomic E-state index is 13.4. The van der Waals surface area contributed by atoms with Crippen molar-refractivity contribution >= 4 is 52.1 Å². The Bertz CT molecular complexity index is 2780. The molecule has 0 saturated carbocycles. The molecule has 6 aromatic carbocycles. The summed E-state index contributed by atoms with van der Waals surface area (Å²) in [4.78, 5) is 0.209. The SMILES string of the molecule is Cc1c(C2(c3cc(C(C)C)c(O)c(Br)c3C)OS(=O)(=O)c3ccccc32)cc(C(C)C)c(O)c1Br.O=S1(=O)OC(c2ccc(O)cc2)(c2ccc(O)cc2)c2ccccc21. The van der Waals surface area contributed by atoms with Gasteiger partial charge in [0.25, 0.3) is 20.2 Å². The van der Waals surface area contributed by atoms with Gasteiger partial charge in [-0.25, -0.2) is 8.37 Å². The van der Waals surface area contributed by atoms with Crippen LogP contribution in [0, 0.1) is 13.8 Å². The Kier molecular flexibility index (Phi) is 11.3. The molecule has 2 heterocycles. The molecule has 0 bridgehead atoms. The van der Waals surface area contributed by atoms with E-state index in [1.807, 2.05) is 53.7 Å². The number of hydrogen-bond donors (Lipinski definition) is 4. The van der Waals surface area contributed by atoms with E-state index >= 15 is 0 Å². The van der Waals surface area contributed by atoms with Crippen LogP contribution >= 0.6 is 31.9 Å². The Labute approximate surface area is 366 Å². The van der Waals surface area contributed by atoms with Gasteiger partial charge in [-0.1, -0.05) is 88.4 Å². The molecule has 0 aromatic heterocycles. The second-order valence-corrected chi connectivity index (χ2v) is 20.1. The number of hydrogen-bond acceptors (Lipinski definition) is 10. The average Bonchev–Trinajstić information content (AvgIpc) is 3.61. The van der Waals surface area contributed by atoms with Crippen LogP contribution in [-0.4, -0.2) is 37.3 Å². The van der Waals surface area contributed by atoms with Crippen LogP contribution in [0.3, 0.4) is 0 Å². The van der Waals surface area contributed by atoms with E-state index in [1.54, 1.807) is 66.7 Å². The summed E-state index contributed by atoms with van der Waals surface area (Å²) in [6.07, 6.45) is 0. The molecule has 8 rings (SSSR count). The molecule has 60 heavy (non-hydrogen) atoms. The number of aromatic hydroxyl groups is 4. The minimum absolute atomic E-state index is 0.0326.